The van der Waals surface area contributed by atoms with Gasteiger partial charge in [0, 0.05) is 31.3 Å². The molecule has 1 fully saturated rings. The number of nitrogens with zero attached hydrogens (tertiary/aromatic N) is 4. The predicted molar refractivity (Wildman–Crippen MR) is 158 cm³/mol. The summed E-state index contributed by atoms with van der Waals surface area (Å²) in [6.45, 7) is 0.765. The molecule has 1 saturated heterocycles. The van der Waals surface area contributed by atoms with E-state index < -0.39 is 48.1 Å². The van der Waals surface area contributed by atoms with Crippen molar-refractivity contribution in [3.63, 3.8) is 0 Å². The highest BCUT2D eigenvalue weighted by atomic mass is 35.5. The van der Waals surface area contributed by atoms with E-state index in [4.69, 9.17) is 16.6 Å². The van der Waals surface area contributed by atoms with Gasteiger partial charge in [0.2, 0.25) is 15.3 Å². The van der Waals surface area contributed by atoms with Gasteiger partial charge in [-0.15, -0.1) is 11.3 Å². The Morgan fingerprint density at radius 2 is 1.86 bits per heavy atom. The molecule has 3 heterocycles. The third-order valence-electron chi connectivity index (χ3n) is 6.88. The summed E-state index contributed by atoms with van der Waals surface area (Å²) in [6.07, 6.45) is 5.38. The first-order chi connectivity index (χ1) is 20.3. The minimum absolute atomic E-state index is 0.0396. The van der Waals surface area contributed by atoms with Gasteiger partial charge in [0.05, 0.1) is 33.2 Å². The van der Waals surface area contributed by atoms with Gasteiger partial charge >= 0.3 is 0 Å². The van der Waals surface area contributed by atoms with Crippen molar-refractivity contribution in [1.29, 1.82) is 0 Å². The molecule has 0 radical (unpaired) electrons. The Bertz CT molecular complexity index is 1890. The van der Waals surface area contributed by atoms with Gasteiger partial charge in [-0.05, 0) is 66.8 Å². The second-order valence-electron chi connectivity index (χ2n) is 10.0. The molecule has 43 heavy (non-hydrogen) atoms. The number of nitrogens with one attached hydrogen (secondary N) is 1. The van der Waals surface area contributed by atoms with Crippen LogP contribution in [0.2, 0.25) is 5.28 Å². The number of benzene rings is 2. The Labute approximate surface area is 255 Å². The molecule has 9 nitrogen and oxygen atoms in total. The average Bonchev–Trinajstić information content (AvgIpc) is 3.19. The quantitative estimate of drug-likeness (QED) is 0.237. The Balaban J connectivity index is 1.54. The number of rotatable bonds is 8. The summed E-state index contributed by atoms with van der Waals surface area (Å²) in [6, 6.07) is 7.44. The van der Waals surface area contributed by atoms with Gasteiger partial charge in [0.15, 0.2) is 5.82 Å². The van der Waals surface area contributed by atoms with Gasteiger partial charge in [-0.1, -0.05) is 12.5 Å². The van der Waals surface area contributed by atoms with Crippen LogP contribution in [-0.4, -0.2) is 55.4 Å². The molecule has 0 spiro atoms. The Morgan fingerprint density at radius 1 is 1.07 bits per heavy atom. The lowest BCUT2D eigenvalue weighted by Gasteiger charge is -2.21. The van der Waals surface area contributed by atoms with Crippen molar-refractivity contribution in [3.05, 3.63) is 76.4 Å². The van der Waals surface area contributed by atoms with Crippen LogP contribution >= 0.6 is 22.9 Å². The van der Waals surface area contributed by atoms with Crippen LogP contribution in [0.25, 0.3) is 21.8 Å². The molecule has 16 heteroatoms. The molecule has 1 aliphatic rings. The molecule has 4 aromatic rings. The highest BCUT2D eigenvalue weighted by molar-refractivity contribution is 7.92. The SMILES string of the molecule is CS(=O)(=O)N1CCCCC(Cc2nc(-c3cccc(NS(=O)(=O)c4cc(F)ccc4F)c3F)c(-c3ccnc(Cl)n3)s2)C1. The molecule has 0 aliphatic carbocycles. The van der Waals surface area contributed by atoms with Crippen molar-refractivity contribution in [1.82, 2.24) is 19.3 Å². The monoisotopic (exact) mass is 671 g/mol. The van der Waals surface area contributed by atoms with Crippen molar-refractivity contribution in [2.75, 3.05) is 24.1 Å². The van der Waals surface area contributed by atoms with E-state index in [0.717, 1.165) is 31.4 Å². The summed E-state index contributed by atoms with van der Waals surface area (Å²) >= 11 is 7.26. The van der Waals surface area contributed by atoms with E-state index >= 15 is 4.39 Å². The van der Waals surface area contributed by atoms with Crippen molar-refractivity contribution in [2.24, 2.45) is 5.92 Å². The standard InChI is InChI=1S/C27H25ClF3N5O4S3/c1-42(37,38)36-12-3-2-5-16(15-36)13-23-34-25(26(41-23)21-10-11-32-27(28)33-21)18-6-4-7-20(24(18)31)35-43(39,40)22-14-17(29)8-9-19(22)30/h4,6-11,14,16,35H,2-3,5,12-13,15H2,1H3. The maximum absolute atomic E-state index is 16.0. The maximum Gasteiger partial charge on any atom is 0.265 e. The summed E-state index contributed by atoms with van der Waals surface area (Å²) in [7, 11) is -8.09. The van der Waals surface area contributed by atoms with Crippen LogP contribution in [0.5, 0.6) is 0 Å². The van der Waals surface area contributed by atoms with Crippen LogP contribution in [0.4, 0.5) is 18.9 Å². The van der Waals surface area contributed by atoms with E-state index in [1.165, 1.54) is 40.2 Å². The second kappa shape index (κ2) is 12.5. The Morgan fingerprint density at radius 3 is 2.60 bits per heavy atom. The van der Waals surface area contributed by atoms with Crippen LogP contribution in [0.3, 0.4) is 0 Å². The topological polar surface area (TPSA) is 122 Å². The van der Waals surface area contributed by atoms with E-state index in [1.807, 2.05) is 4.72 Å². The predicted octanol–water partition coefficient (Wildman–Crippen LogP) is 5.74. The molecule has 1 N–H and O–H groups in total. The highest BCUT2D eigenvalue weighted by Crippen LogP contribution is 2.40. The van der Waals surface area contributed by atoms with Gasteiger partial charge in [0.25, 0.3) is 10.0 Å². The number of sulfonamides is 2. The molecular weight excluding hydrogens is 647 g/mol. The number of anilines is 1. The van der Waals surface area contributed by atoms with Gasteiger partial charge in [-0.3, -0.25) is 4.72 Å². The van der Waals surface area contributed by atoms with Gasteiger partial charge in [0.1, 0.15) is 16.5 Å². The van der Waals surface area contributed by atoms with Gasteiger partial charge in [-0.25, -0.2) is 49.3 Å². The Hall–Kier alpha value is -3.11. The molecular formula is C27H25ClF3N5O4S3. The number of thiazole rings is 1. The fourth-order valence-electron chi connectivity index (χ4n) is 4.85. The molecule has 0 saturated carbocycles. The smallest absolute Gasteiger partial charge is 0.265 e. The van der Waals surface area contributed by atoms with Crippen molar-refractivity contribution in [2.45, 2.75) is 30.6 Å². The molecule has 0 bridgehead atoms. The molecule has 2 aromatic heterocycles. The van der Waals surface area contributed by atoms with E-state index in [1.54, 1.807) is 6.07 Å². The molecule has 2 aromatic carbocycles. The molecule has 5 rings (SSSR count). The summed E-state index contributed by atoms with van der Waals surface area (Å²) < 4.78 is 97.7. The summed E-state index contributed by atoms with van der Waals surface area (Å²) in [5.74, 6) is -3.22. The maximum atomic E-state index is 16.0. The van der Waals surface area contributed by atoms with Crippen molar-refractivity contribution in [3.8, 4) is 21.8 Å². The van der Waals surface area contributed by atoms with Crippen molar-refractivity contribution >= 4 is 48.7 Å². The van der Waals surface area contributed by atoms with Crippen LogP contribution in [0, 0.1) is 23.4 Å². The van der Waals surface area contributed by atoms with E-state index in [9.17, 15) is 25.6 Å². The van der Waals surface area contributed by atoms with E-state index in [2.05, 4.69) is 9.97 Å². The molecule has 1 aliphatic heterocycles. The lowest BCUT2D eigenvalue weighted by Crippen LogP contribution is -2.34. The first-order valence-corrected chi connectivity index (χ1v) is 17.5. The third-order valence-corrected chi connectivity index (χ3v) is 10.8. The minimum Gasteiger partial charge on any atom is -0.277 e. The van der Waals surface area contributed by atoms with Gasteiger partial charge < -0.3 is 0 Å². The largest absolute Gasteiger partial charge is 0.277 e. The summed E-state index contributed by atoms with van der Waals surface area (Å²) in [4.78, 5) is 12.3. The fourth-order valence-corrected chi connectivity index (χ4v) is 8.25. The first-order valence-electron chi connectivity index (χ1n) is 13.0. The molecule has 0 amide bonds. The fraction of sp³-hybridized carbons (Fsp3) is 0.296. The zero-order valence-electron chi connectivity index (χ0n) is 22.6. The average molecular weight is 672 g/mol. The number of aromatic nitrogens is 3. The molecule has 1 unspecified atom stereocenters. The third kappa shape index (κ3) is 7.17. The van der Waals surface area contributed by atoms with Crippen LogP contribution in [0.15, 0.2) is 53.6 Å². The summed E-state index contributed by atoms with van der Waals surface area (Å²) in [5, 5.41) is 0.539. The van der Waals surface area contributed by atoms with Crippen LogP contribution in [-0.2, 0) is 26.5 Å². The molecule has 1 atom stereocenters. The number of hydrogen-bond acceptors (Lipinski definition) is 8. The van der Waals surface area contributed by atoms with Crippen LogP contribution in [0.1, 0.15) is 24.3 Å². The van der Waals surface area contributed by atoms with E-state index in [-0.39, 0.29) is 22.5 Å². The minimum atomic E-state index is -4.71. The lowest BCUT2D eigenvalue weighted by atomic mass is 10.0. The summed E-state index contributed by atoms with van der Waals surface area (Å²) in [5.41, 5.74) is -0.0795. The molecule has 228 valence electrons. The second-order valence-corrected chi connectivity index (χ2v) is 15.1. The normalized spacial score (nSPS) is 16.6. The van der Waals surface area contributed by atoms with Crippen LogP contribution < -0.4 is 4.72 Å². The number of hydrogen-bond donors (Lipinski definition) is 1. The van der Waals surface area contributed by atoms with Gasteiger partial charge in [-0.2, -0.15) is 0 Å². The lowest BCUT2D eigenvalue weighted by molar-refractivity contribution is 0.365. The zero-order chi connectivity index (χ0) is 30.9. The van der Waals surface area contributed by atoms with E-state index in [0.29, 0.717) is 47.2 Å². The highest BCUT2D eigenvalue weighted by Gasteiger charge is 2.28. The Kier molecular flexibility index (Phi) is 9.09. The van der Waals surface area contributed by atoms with Crippen molar-refractivity contribution < 1.29 is 30.0 Å². The first kappa shape index (κ1) is 31.3. The number of halogens is 4. The zero-order valence-corrected chi connectivity index (χ0v) is 25.8.